The van der Waals surface area contributed by atoms with Gasteiger partial charge in [-0.1, -0.05) is 13.8 Å². The average molecular weight is 140 g/mol. The molecule has 1 nitrogen and oxygen atoms in total. The van der Waals surface area contributed by atoms with E-state index < -0.39 is 0 Å². The van der Waals surface area contributed by atoms with Crippen LogP contribution in [0.4, 0.5) is 0 Å². The van der Waals surface area contributed by atoms with Gasteiger partial charge in [-0.25, -0.2) is 4.58 Å². The van der Waals surface area contributed by atoms with Crippen molar-refractivity contribution in [2.75, 3.05) is 6.54 Å². The van der Waals surface area contributed by atoms with Crippen LogP contribution in [0.25, 0.3) is 0 Å². The molecule has 0 spiro atoms. The third kappa shape index (κ3) is 1.59. The highest BCUT2D eigenvalue weighted by molar-refractivity contribution is 5.15. The first-order chi connectivity index (χ1) is 4.72. The highest BCUT2D eigenvalue weighted by atomic mass is 15.0. The smallest absolute Gasteiger partial charge is 0.154 e. The summed E-state index contributed by atoms with van der Waals surface area (Å²) < 4.78 is 2.26. The minimum atomic E-state index is 0.744. The first-order valence-corrected chi connectivity index (χ1v) is 4.29. The number of nitrogens with zero attached hydrogens (tertiary/aromatic N) is 1. The molecule has 1 saturated heterocycles. The molecule has 0 aliphatic carbocycles. The van der Waals surface area contributed by atoms with E-state index in [1.165, 1.54) is 25.8 Å². The summed E-state index contributed by atoms with van der Waals surface area (Å²) in [5.74, 6) is 0.776. The number of hydrogen-bond acceptors (Lipinski definition) is 0. The Morgan fingerprint density at radius 1 is 1.40 bits per heavy atom. The van der Waals surface area contributed by atoms with E-state index in [1.807, 2.05) is 0 Å². The summed E-state index contributed by atoms with van der Waals surface area (Å²) in [5, 5.41) is 0. The minimum Gasteiger partial charge on any atom is -0.239 e. The molecule has 0 aromatic rings. The van der Waals surface area contributed by atoms with E-state index in [-0.39, 0.29) is 0 Å². The monoisotopic (exact) mass is 140 g/mol. The molecule has 1 heteroatoms. The number of hydrogen-bond donors (Lipinski definition) is 0. The van der Waals surface area contributed by atoms with Crippen LogP contribution in [0.5, 0.6) is 0 Å². The average Bonchev–Trinajstić information content (AvgIpc) is 1.88. The quantitative estimate of drug-likeness (QED) is 0.489. The summed E-state index contributed by atoms with van der Waals surface area (Å²) in [7, 11) is 0. The lowest BCUT2D eigenvalue weighted by molar-refractivity contribution is -0.576. The van der Waals surface area contributed by atoms with E-state index in [0.717, 1.165) is 12.0 Å². The zero-order valence-electron chi connectivity index (χ0n) is 7.14. The fourth-order valence-corrected chi connectivity index (χ4v) is 1.77. The largest absolute Gasteiger partial charge is 0.239 e. The van der Waals surface area contributed by atoms with Crippen molar-refractivity contribution in [2.45, 2.75) is 39.2 Å². The zero-order chi connectivity index (χ0) is 7.56. The van der Waals surface area contributed by atoms with Crippen molar-refractivity contribution in [1.29, 1.82) is 0 Å². The normalized spacial score (nSPS) is 27.5. The van der Waals surface area contributed by atoms with Gasteiger partial charge in [0.2, 0.25) is 0 Å². The first-order valence-electron chi connectivity index (χ1n) is 4.29. The van der Waals surface area contributed by atoms with Crippen LogP contribution >= 0.6 is 0 Å². The summed E-state index contributed by atoms with van der Waals surface area (Å²) in [6.45, 7) is 9.80. The molecular weight excluding hydrogens is 122 g/mol. The molecule has 1 unspecified atom stereocenters. The lowest BCUT2D eigenvalue weighted by Gasteiger charge is -2.22. The van der Waals surface area contributed by atoms with Gasteiger partial charge in [-0.3, -0.25) is 0 Å². The third-order valence-corrected chi connectivity index (χ3v) is 2.43. The molecule has 58 valence electrons. The maximum absolute atomic E-state index is 4.03. The molecule has 0 bridgehead atoms. The highest BCUT2D eigenvalue weighted by Crippen LogP contribution is 2.18. The van der Waals surface area contributed by atoms with Gasteiger partial charge in [0.1, 0.15) is 13.3 Å². The van der Waals surface area contributed by atoms with Crippen LogP contribution in [0.1, 0.15) is 33.1 Å². The summed E-state index contributed by atoms with van der Waals surface area (Å²) in [6, 6.07) is 0.744. The maximum Gasteiger partial charge on any atom is 0.154 e. The first kappa shape index (κ1) is 7.77. The van der Waals surface area contributed by atoms with Crippen LogP contribution in [0.2, 0.25) is 0 Å². The molecule has 1 heterocycles. The van der Waals surface area contributed by atoms with Gasteiger partial charge in [0.15, 0.2) is 6.04 Å². The van der Waals surface area contributed by atoms with Crippen molar-refractivity contribution < 1.29 is 4.58 Å². The molecule has 0 aromatic carbocycles. The van der Waals surface area contributed by atoms with Crippen molar-refractivity contribution in [3.05, 3.63) is 0 Å². The van der Waals surface area contributed by atoms with E-state index in [4.69, 9.17) is 0 Å². The fourth-order valence-electron chi connectivity index (χ4n) is 1.77. The van der Waals surface area contributed by atoms with Gasteiger partial charge in [0.05, 0.1) is 0 Å². The Hall–Kier alpha value is -0.330. The molecule has 1 fully saturated rings. The topological polar surface area (TPSA) is 3.01 Å². The van der Waals surface area contributed by atoms with Crippen LogP contribution in [-0.4, -0.2) is 23.9 Å². The van der Waals surface area contributed by atoms with Gasteiger partial charge in [0.25, 0.3) is 0 Å². The Bertz CT molecular complexity index is 127. The standard InChI is InChI=1S/C9H18N/c1-8(2)9-6-4-5-7-10(9)3/h8-9H,3-7H2,1-2H3/q+1. The van der Waals surface area contributed by atoms with E-state index in [1.54, 1.807) is 0 Å². The molecule has 10 heavy (non-hydrogen) atoms. The van der Waals surface area contributed by atoms with E-state index in [2.05, 4.69) is 25.1 Å². The molecular formula is C9H18N+. The van der Waals surface area contributed by atoms with Crippen molar-refractivity contribution in [1.82, 2.24) is 0 Å². The Morgan fingerprint density at radius 3 is 2.50 bits per heavy atom. The van der Waals surface area contributed by atoms with Crippen LogP contribution < -0.4 is 0 Å². The van der Waals surface area contributed by atoms with Crippen molar-refractivity contribution in [2.24, 2.45) is 5.92 Å². The Balaban J connectivity index is 2.48. The van der Waals surface area contributed by atoms with Crippen LogP contribution in [0.3, 0.4) is 0 Å². The third-order valence-electron chi connectivity index (χ3n) is 2.43. The van der Waals surface area contributed by atoms with Gasteiger partial charge < -0.3 is 0 Å². The van der Waals surface area contributed by atoms with Crippen molar-refractivity contribution in [3.63, 3.8) is 0 Å². The Morgan fingerprint density at radius 2 is 2.10 bits per heavy atom. The van der Waals surface area contributed by atoms with Crippen LogP contribution in [-0.2, 0) is 0 Å². The lowest BCUT2D eigenvalue weighted by Crippen LogP contribution is -2.34. The van der Waals surface area contributed by atoms with Gasteiger partial charge in [-0.05, 0) is 6.42 Å². The van der Waals surface area contributed by atoms with Crippen molar-refractivity contribution >= 4 is 6.72 Å². The molecule has 1 atom stereocenters. The SMILES string of the molecule is C=[N+]1CCCCC1C(C)C. The van der Waals surface area contributed by atoms with Crippen molar-refractivity contribution in [3.8, 4) is 0 Å². The van der Waals surface area contributed by atoms with Gasteiger partial charge in [-0.15, -0.1) is 0 Å². The summed E-state index contributed by atoms with van der Waals surface area (Å²) in [5.41, 5.74) is 0. The predicted molar refractivity (Wildman–Crippen MR) is 44.7 cm³/mol. The van der Waals surface area contributed by atoms with E-state index in [0.29, 0.717) is 0 Å². The molecule has 0 aromatic heterocycles. The molecule has 1 aliphatic heterocycles. The molecule has 0 radical (unpaired) electrons. The summed E-state index contributed by atoms with van der Waals surface area (Å²) in [4.78, 5) is 0. The number of rotatable bonds is 1. The number of piperidine rings is 1. The van der Waals surface area contributed by atoms with Crippen LogP contribution in [0.15, 0.2) is 0 Å². The fraction of sp³-hybridized carbons (Fsp3) is 0.889. The predicted octanol–water partition coefficient (Wildman–Crippen LogP) is 1.91. The molecule has 1 rings (SSSR count). The van der Waals surface area contributed by atoms with Gasteiger partial charge in [0, 0.05) is 18.8 Å². The van der Waals surface area contributed by atoms with Gasteiger partial charge >= 0.3 is 0 Å². The molecule has 1 aliphatic rings. The molecule has 0 saturated carbocycles. The van der Waals surface area contributed by atoms with E-state index >= 15 is 0 Å². The maximum atomic E-state index is 4.03. The molecule has 0 amide bonds. The van der Waals surface area contributed by atoms with E-state index in [9.17, 15) is 0 Å². The highest BCUT2D eigenvalue weighted by Gasteiger charge is 2.25. The summed E-state index contributed by atoms with van der Waals surface area (Å²) >= 11 is 0. The zero-order valence-corrected chi connectivity index (χ0v) is 7.14. The van der Waals surface area contributed by atoms with Gasteiger partial charge in [-0.2, -0.15) is 0 Å². The second-order valence-electron chi connectivity index (χ2n) is 3.62. The second kappa shape index (κ2) is 3.18. The summed E-state index contributed by atoms with van der Waals surface area (Å²) in [6.07, 6.45) is 4.09. The Kier molecular flexibility index (Phi) is 2.47. The second-order valence-corrected chi connectivity index (χ2v) is 3.62. The lowest BCUT2D eigenvalue weighted by atomic mass is 9.94. The minimum absolute atomic E-state index is 0.744. The van der Waals surface area contributed by atoms with Crippen LogP contribution in [0, 0.1) is 5.92 Å². The Labute approximate surface area is 63.8 Å². The molecule has 0 N–H and O–H groups in total.